The molecule has 1 N–H and O–H groups in total. The average molecular weight is 441 g/mol. The lowest BCUT2D eigenvalue weighted by Crippen LogP contribution is -2.25. The van der Waals surface area contributed by atoms with Crippen molar-refractivity contribution in [2.75, 3.05) is 0 Å². The van der Waals surface area contributed by atoms with Crippen molar-refractivity contribution in [1.82, 2.24) is 19.3 Å². The van der Waals surface area contributed by atoms with Gasteiger partial charge < -0.3 is 4.57 Å². The first-order chi connectivity index (χ1) is 14.8. The number of fused-ring (bicyclic) bond motifs is 1. The summed E-state index contributed by atoms with van der Waals surface area (Å²) in [5, 5.41) is 10.8. The van der Waals surface area contributed by atoms with Crippen molar-refractivity contribution in [3.05, 3.63) is 94.2 Å². The highest BCUT2D eigenvalue weighted by atomic mass is 32.2. The van der Waals surface area contributed by atoms with Gasteiger partial charge >= 0.3 is 0 Å². The predicted molar refractivity (Wildman–Crippen MR) is 110 cm³/mol. The van der Waals surface area contributed by atoms with Crippen LogP contribution in [0.5, 0.6) is 0 Å². The van der Waals surface area contributed by atoms with E-state index < -0.39 is 14.9 Å². The average Bonchev–Trinajstić information content (AvgIpc) is 3.11. The molecule has 0 saturated carbocycles. The second-order valence-corrected chi connectivity index (χ2v) is 8.43. The molecule has 0 atom stereocenters. The smallest absolute Gasteiger partial charge is 0.269 e. The summed E-state index contributed by atoms with van der Waals surface area (Å²) in [7, 11) is -3.93. The summed E-state index contributed by atoms with van der Waals surface area (Å²) in [5.41, 5.74) is 1.75. The van der Waals surface area contributed by atoms with Crippen LogP contribution in [-0.2, 0) is 23.1 Å². The number of rotatable bonds is 7. The van der Waals surface area contributed by atoms with Gasteiger partial charge in [-0.1, -0.05) is 12.1 Å². The van der Waals surface area contributed by atoms with Crippen LogP contribution in [0.1, 0.15) is 11.4 Å². The topological polar surface area (TPSA) is 120 Å². The SMILES string of the molecule is O=[N+]([O-])c1ccc(S(=O)(=O)NCc2nc3cccnc3n2Cc2ccc(F)cc2)cc1. The van der Waals surface area contributed by atoms with Crippen LogP contribution in [-0.4, -0.2) is 27.9 Å². The van der Waals surface area contributed by atoms with Gasteiger partial charge in [-0.3, -0.25) is 10.1 Å². The van der Waals surface area contributed by atoms with Crippen molar-refractivity contribution in [3.63, 3.8) is 0 Å². The van der Waals surface area contributed by atoms with E-state index in [9.17, 15) is 22.9 Å². The zero-order valence-electron chi connectivity index (χ0n) is 16.0. The largest absolute Gasteiger partial charge is 0.307 e. The highest BCUT2D eigenvalue weighted by Gasteiger charge is 2.19. The number of non-ortho nitro benzene ring substituents is 1. The number of nitrogens with zero attached hydrogens (tertiary/aromatic N) is 4. The molecule has 0 aliphatic heterocycles. The Morgan fingerprint density at radius 3 is 2.45 bits per heavy atom. The lowest BCUT2D eigenvalue weighted by Gasteiger charge is -2.10. The third-order valence-corrected chi connectivity index (χ3v) is 6.03. The first-order valence-electron chi connectivity index (χ1n) is 9.12. The third-order valence-electron chi connectivity index (χ3n) is 4.61. The van der Waals surface area contributed by atoms with Crippen molar-refractivity contribution >= 4 is 26.9 Å². The van der Waals surface area contributed by atoms with Crippen molar-refractivity contribution in [2.24, 2.45) is 0 Å². The predicted octanol–water partition coefficient (Wildman–Crippen LogP) is 3.01. The maximum absolute atomic E-state index is 13.2. The van der Waals surface area contributed by atoms with Crippen LogP contribution < -0.4 is 4.72 Å². The van der Waals surface area contributed by atoms with Gasteiger partial charge in [-0.2, -0.15) is 0 Å². The summed E-state index contributed by atoms with van der Waals surface area (Å²) >= 11 is 0. The van der Waals surface area contributed by atoms with Crippen LogP contribution in [0.15, 0.2) is 71.8 Å². The summed E-state index contributed by atoms with van der Waals surface area (Å²) < 4.78 is 42.7. The van der Waals surface area contributed by atoms with E-state index in [1.54, 1.807) is 35.0 Å². The summed E-state index contributed by atoms with van der Waals surface area (Å²) in [6.07, 6.45) is 1.61. The Kier molecular flexibility index (Phi) is 5.44. The van der Waals surface area contributed by atoms with Gasteiger partial charge in [0.1, 0.15) is 17.2 Å². The van der Waals surface area contributed by atoms with E-state index in [0.717, 1.165) is 17.7 Å². The molecule has 0 spiro atoms. The number of sulfonamides is 1. The van der Waals surface area contributed by atoms with Crippen LogP contribution in [0.25, 0.3) is 11.2 Å². The Hall–Kier alpha value is -3.70. The Morgan fingerprint density at radius 1 is 1.06 bits per heavy atom. The Labute approximate surface area is 176 Å². The molecule has 2 aromatic heterocycles. The zero-order valence-corrected chi connectivity index (χ0v) is 16.8. The number of nitrogens with one attached hydrogen (secondary N) is 1. The molecule has 0 aliphatic carbocycles. The molecule has 0 fully saturated rings. The Bertz CT molecular complexity index is 1350. The molecule has 2 heterocycles. The van der Waals surface area contributed by atoms with Gasteiger partial charge in [0.05, 0.1) is 22.9 Å². The number of hydrogen-bond donors (Lipinski definition) is 1. The molecule has 4 rings (SSSR count). The van der Waals surface area contributed by atoms with E-state index in [-0.39, 0.29) is 22.9 Å². The Balaban J connectivity index is 1.61. The minimum absolute atomic E-state index is 0.0996. The molecule has 0 unspecified atom stereocenters. The molecule has 31 heavy (non-hydrogen) atoms. The van der Waals surface area contributed by atoms with Gasteiger partial charge in [0.25, 0.3) is 5.69 Å². The fourth-order valence-corrected chi connectivity index (χ4v) is 4.05. The molecule has 4 aromatic rings. The normalized spacial score (nSPS) is 11.6. The van der Waals surface area contributed by atoms with E-state index in [2.05, 4.69) is 14.7 Å². The molecule has 0 aliphatic rings. The summed E-state index contributed by atoms with van der Waals surface area (Å²) in [4.78, 5) is 18.9. The number of pyridine rings is 1. The fourth-order valence-electron chi connectivity index (χ4n) is 3.07. The lowest BCUT2D eigenvalue weighted by molar-refractivity contribution is -0.384. The zero-order chi connectivity index (χ0) is 22.0. The van der Waals surface area contributed by atoms with Crippen molar-refractivity contribution < 1.29 is 17.7 Å². The number of benzene rings is 2. The maximum atomic E-state index is 13.2. The minimum atomic E-state index is -3.93. The number of halogens is 1. The number of nitro groups is 1. The molecular weight excluding hydrogens is 425 g/mol. The quantitative estimate of drug-likeness (QED) is 0.348. The third kappa shape index (κ3) is 4.42. The number of aromatic nitrogens is 3. The molecule has 158 valence electrons. The van der Waals surface area contributed by atoms with Crippen LogP contribution in [0.3, 0.4) is 0 Å². The van der Waals surface area contributed by atoms with Crippen LogP contribution in [0, 0.1) is 15.9 Å². The van der Waals surface area contributed by atoms with Crippen LogP contribution >= 0.6 is 0 Å². The van der Waals surface area contributed by atoms with Gasteiger partial charge in [-0.25, -0.2) is 27.5 Å². The van der Waals surface area contributed by atoms with E-state index in [0.29, 0.717) is 23.5 Å². The van der Waals surface area contributed by atoms with Crippen molar-refractivity contribution in [1.29, 1.82) is 0 Å². The summed E-state index contributed by atoms with van der Waals surface area (Å²) in [5.74, 6) is 0.0666. The molecule has 11 heteroatoms. The first kappa shape index (κ1) is 20.6. The molecule has 0 amide bonds. The van der Waals surface area contributed by atoms with Crippen LogP contribution in [0.2, 0.25) is 0 Å². The molecule has 9 nitrogen and oxygen atoms in total. The highest BCUT2D eigenvalue weighted by molar-refractivity contribution is 7.89. The number of nitro benzene ring substituents is 1. The van der Waals surface area contributed by atoms with Crippen LogP contribution in [0.4, 0.5) is 10.1 Å². The van der Waals surface area contributed by atoms with Crippen molar-refractivity contribution in [3.8, 4) is 0 Å². The second kappa shape index (κ2) is 8.20. The van der Waals surface area contributed by atoms with Gasteiger partial charge in [-0.05, 0) is 42.0 Å². The Morgan fingerprint density at radius 2 is 1.77 bits per heavy atom. The van der Waals surface area contributed by atoms with E-state index in [1.807, 2.05) is 0 Å². The van der Waals surface area contributed by atoms with Gasteiger partial charge in [0, 0.05) is 18.3 Å². The standard InChI is InChI=1S/C20H16FN5O4S/c21-15-5-3-14(4-6-15)13-25-19(24-18-2-1-11-22-20(18)25)12-23-31(29,30)17-9-7-16(8-10-17)26(27)28/h1-11,23H,12-13H2. The molecule has 2 aromatic carbocycles. The maximum Gasteiger partial charge on any atom is 0.269 e. The van der Waals surface area contributed by atoms with Gasteiger partial charge in [-0.15, -0.1) is 0 Å². The van der Waals surface area contributed by atoms with E-state index in [1.165, 1.54) is 24.3 Å². The van der Waals surface area contributed by atoms with Crippen molar-refractivity contribution in [2.45, 2.75) is 18.0 Å². The fraction of sp³-hybridized carbons (Fsp3) is 0.100. The lowest BCUT2D eigenvalue weighted by atomic mass is 10.2. The van der Waals surface area contributed by atoms with Gasteiger partial charge in [0.15, 0.2) is 5.65 Å². The minimum Gasteiger partial charge on any atom is -0.307 e. The molecular formula is C20H16FN5O4S. The molecule has 0 bridgehead atoms. The molecule has 0 radical (unpaired) electrons. The van der Waals surface area contributed by atoms with E-state index >= 15 is 0 Å². The molecule has 0 saturated heterocycles. The van der Waals surface area contributed by atoms with Gasteiger partial charge in [0.2, 0.25) is 10.0 Å². The number of hydrogen-bond acceptors (Lipinski definition) is 6. The summed E-state index contributed by atoms with van der Waals surface area (Å²) in [6, 6.07) is 14.0. The summed E-state index contributed by atoms with van der Waals surface area (Å²) in [6.45, 7) is 0.194. The van der Waals surface area contributed by atoms with E-state index in [4.69, 9.17) is 0 Å². The second-order valence-electron chi connectivity index (χ2n) is 6.66. The number of imidazole rings is 1. The monoisotopic (exact) mass is 441 g/mol. The first-order valence-corrected chi connectivity index (χ1v) is 10.6. The highest BCUT2D eigenvalue weighted by Crippen LogP contribution is 2.19.